The molecule has 0 spiro atoms. The number of carbonyl (C=O) groups excluding carboxylic acids is 2. The van der Waals surface area contributed by atoms with E-state index >= 15 is 0 Å². The standard InChI is InChI=1S/C21H20N2O5/c1-3-28-21(25)20-12-17-11-16(10-14(2)24)6-9-19(17)22(20)13-15-4-7-18(8-5-15)23(26)27/h4-9,11-12H,3,10,13H2,1-2H3. The van der Waals surface area contributed by atoms with Gasteiger partial charge in [0.25, 0.3) is 5.69 Å². The van der Waals surface area contributed by atoms with Gasteiger partial charge in [0.05, 0.1) is 11.5 Å². The first-order valence-electron chi connectivity index (χ1n) is 8.91. The van der Waals surface area contributed by atoms with E-state index in [9.17, 15) is 19.7 Å². The zero-order chi connectivity index (χ0) is 20.3. The van der Waals surface area contributed by atoms with Gasteiger partial charge in [-0.25, -0.2) is 4.79 Å². The fourth-order valence-electron chi connectivity index (χ4n) is 3.17. The number of esters is 1. The molecule has 0 saturated heterocycles. The molecule has 3 rings (SSSR count). The molecule has 0 fully saturated rings. The second kappa shape index (κ2) is 8.04. The van der Waals surface area contributed by atoms with Gasteiger partial charge in [-0.2, -0.15) is 0 Å². The molecule has 144 valence electrons. The van der Waals surface area contributed by atoms with Crippen molar-refractivity contribution in [3.05, 3.63) is 75.5 Å². The van der Waals surface area contributed by atoms with Crippen molar-refractivity contribution in [3.63, 3.8) is 0 Å². The van der Waals surface area contributed by atoms with Crippen LogP contribution in [0.1, 0.15) is 35.5 Å². The number of ketones is 1. The summed E-state index contributed by atoms with van der Waals surface area (Å²) in [4.78, 5) is 34.2. The Kier molecular flexibility index (Phi) is 5.54. The summed E-state index contributed by atoms with van der Waals surface area (Å²) in [6.45, 7) is 3.90. The lowest BCUT2D eigenvalue weighted by Gasteiger charge is -2.11. The van der Waals surface area contributed by atoms with Gasteiger partial charge in [-0.3, -0.25) is 14.9 Å². The van der Waals surface area contributed by atoms with E-state index in [1.54, 1.807) is 25.1 Å². The summed E-state index contributed by atoms with van der Waals surface area (Å²) < 4.78 is 7.00. The molecule has 7 heteroatoms. The number of nitro benzene ring substituents is 1. The van der Waals surface area contributed by atoms with E-state index in [1.165, 1.54) is 19.1 Å². The molecule has 0 aliphatic rings. The predicted octanol–water partition coefficient (Wildman–Crippen LogP) is 3.91. The number of nitrogens with zero attached hydrogens (tertiary/aromatic N) is 2. The highest BCUT2D eigenvalue weighted by Gasteiger charge is 2.18. The fourth-order valence-corrected chi connectivity index (χ4v) is 3.17. The lowest BCUT2D eigenvalue weighted by atomic mass is 10.1. The van der Waals surface area contributed by atoms with Gasteiger partial charge in [0.1, 0.15) is 11.5 Å². The van der Waals surface area contributed by atoms with Crippen LogP contribution in [0.4, 0.5) is 5.69 Å². The summed E-state index contributed by atoms with van der Waals surface area (Å²) in [5, 5.41) is 11.7. The Bertz CT molecular complexity index is 1050. The quantitative estimate of drug-likeness (QED) is 0.352. The molecule has 0 saturated carbocycles. The van der Waals surface area contributed by atoms with Crippen molar-refractivity contribution in [1.29, 1.82) is 0 Å². The van der Waals surface area contributed by atoms with Crippen LogP contribution in [0.2, 0.25) is 0 Å². The average molecular weight is 380 g/mol. The van der Waals surface area contributed by atoms with E-state index in [-0.39, 0.29) is 18.1 Å². The van der Waals surface area contributed by atoms with E-state index in [1.807, 2.05) is 22.8 Å². The third kappa shape index (κ3) is 4.09. The molecule has 0 atom stereocenters. The first kappa shape index (κ1) is 19.3. The smallest absolute Gasteiger partial charge is 0.354 e. The van der Waals surface area contributed by atoms with Gasteiger partial charge in [-0.15, -0.1) is 0 Å². The van der Waals surface area contributed by atoms with Crippen molar-refractivity contribution in [2.75, 3.05) is 6.61 Å². The van der Waals surface area contributed by atoms with Crippen molar-refractivity contribution in [3.8, 4) is 0 Å². The zero-order valence-electron chi connectivity index (χ0n) is 15.7. The second-order valence-corrected chi connectivity index (χ2v) is 6.53. The van der Waals surface area contributed by atoms with E-state index in [0.717, 1.165) is 22.0 Å². The summed E-state index contributed by atoms with van der Waals surface area (Å²) in [6, 6.07) is 13.6. The molecule has 2 aromatic carbocycles. The molecule has 0 bridgehead atoms. The second-order valence-electron chi connectivity index (χ2n) is 6.53. The van der Waals surface area contributed by atoms with Gasteiger partial charge in [0.15, 0.2) is 0 Å². The van der Waals surface area contributed by atoms with Crippen LogP contribution in [0, 0.1) is 10.1 Å². The Labute approximate surface area is 161 Å². The summed E-state index contributed by atoms with van der Waals surface area (Å²) in [5.74, 6) is -0.371. The summed E-state index contributed by atoms with van der Waals surface area (Å²) >= 11 is 0. The van der Waals surface area contributed by atoms with Crippen LogP contribution in [0.15, 0.2) is 48.5 Å². The minimum atomic E-state index is -0.449. The third-order valence-electron chi connectivity index (χ3n) is 4.39. The highest BCUT2D eigenvalue weighted by molar-refractivity contribution is 5.96. The Balaban J connectivity index is 2.04. The van der Waals surface area contributed by atoms with E-state index in [2.05, 4.69) is 0 Å². The van der Waals surface area contributed by atoms with Gasteiger partial charge in [0.2, 0.25) is 0 Å². The van der Waals surface area contributed by atoms with E-state index < -0.39 is 10.9 Å². The number of ether oxygens (including phenoxy) is 1. The van der Waals surface area contributed by atoms with Crippen molar-refractivity contribution < 1.29 is 19.2 Å². The Hall–Kier alpha value is -3.48. The first-order valence-corrected chi connectivity index (χ1v) is 8.91. The number of Topliss-reactive ketones (excluding diaryl/α,β-unsaturated/α-hetero) is 1. The SMILES string of the molecule is CCOC(=O)c1cc2cc(CC(C)=O)ccc2n1Cc1ccc([N+](=O)[O-])cc1. The number of fused-ring (bicyclic) bond motifs is 1. The van der Waals surface area contributed by atoms with Crippen LogP contribution < -0.4 is 0 Å². The molecule has 0 radical (unpaired) electrons. The Morgan fingerprint density at radius 2 is 1.75 bits per heavy atom. The molecule has 0 unspecified atom stereocenters. The average Bonchev–Trinajstić information content (AvgIpc) is 2.99. The van der Waals surface area contributed by atoms with Crippen molar-refractivity contribution in [1.82, 2.24) is 4.57 Å². The lowest BCUT2D eigenvalue weighted by Crippen LogP contribution is -2.12. The molecule has 28 heavy (non-hydrogen) atoms. The maximum atomic E-state index is 12.4. The largest absolute Gasteiger partial charge is 0.461 e. The van der Waals surface area contributed by atoms with Crippen LogP contribution in [0.3, 0.4) is 0 Å². The number of hydrogen-bond acceptors (Lipinski definition) is 5. The fraction of sp³-hybridized carbons (Fsp3) is 0.238. The monoisotopic (exact) mass is 380 g/mol. The summed E-state index contributed by atoms with van der Waals surface area (Å²) in [6.07, 6.45) is 0.332. The van der Waals surface area contributed by atoms with E-state index in [4.69, 9.17) is 4.74 Å². The molecule has 0 N–H and O–H groups in total. The van der Waals surface area contributed by atoms with Gasteiger partial charge in [-0.05, 0) is 43.2 Å². The number of rotatable bonds is 7. The molecule has 7 nitrogen and oxygen atoms in total. The third-order valence-corrected chi connectivity index (χ3v) is 4.39. The number of hydrogen-bond donors (Lipinski definition) is 0. The normalized spacial score (nSPS) is 10.8. The number of carbonyl (C=O) groups is 2. The lowest BCUT2D eigenvalue weighted by molar-refractivity contribution is -0.384. The van der Waals surface area contributed by atoms with Crippen LogP contribution in [0.5, 0.6) is 0 Å². The van der Waals surface area contributed by atoms with Crippen LogP contribution in [-0.2, 0) is 22.5 Å². The van der Waals surface area contributed by atoms with Crippen LogP contribution >= 0.6 is 0 Å². The molecule has 3 aromatic rings. The van der Waals surface area contributed by atoms with Crippen molar-refractivity contribution in [2.24, 2.45) is 0 Å². The van der Waals surface area contributed by atoms with Crippen LogP contribution in [0.25, 0.3) is 10.9 Å². The van der Waals surface area contributed by atoms with Gasteiger partial charge in [-0.1, -0.05) is 18.2 Å². The zero-order valence-corrected chi connectivity index (χ0v) is 15.7. The highest BCUT2D eigenvalue weighted by atomic mass is 16.6. The highest BCUT2D eigenvalue weighted by Crippen LogP contribution is 2.24. The Morgan fingerprint density at radius 1 is 1.07 bits per heavy atom. The van der Waals surface area contributed by atoms with Crippen molar-refractivity contribution >= 4 is 28.3 Å². The van der Waals surface area contributed by atoms with E-state index in [0.29, 0.717) is 18.7 Å². The molecule has 0 amide bonds. The number of nitro groups is 1. The molecule has 0 aliphatic heterocycles. The Morgan fingerprint density at radius 3 is 2.36 bits per heavy atom. The summed E-state index contributed by atoms with van der Waals surface area (Å²) in [5.41, 5.74) is 2.94. The topological polar surface area (TPSA) is 91.4 Å². The molecular formula is C21H20N2O5. The molecule has 1 aromatic heterocycles. The number of aromatic nitrogens is 1. The number of non-ortho nitro benzene ring substituents is 1. The first-order chi connectivity index (χ1) is 13.4. The van der Waals surface area contributed by atoms with Crippen LogP contribution in [-0.4, -0.2) is 27.8 Å². The maximum absolute atomic E-state index is 12.4. The van der Waals surface area contributed by atoms with Gasteiger partial charge in [0, 0.05) is 36.0 Å². The van der Waals surface area contributed by atoms with Crippen molar-refractivity contribution in [2.45, 2.75) is 26.8 Å². The maximum Gasteiger partial charge on any atom is 0.354 e. The minimum absolute atomic E-state index is 0.0144. The minimum Gasteiger partial charge on any atom is -0.461 e. The predicted molar refractivity (Wildman–Crippen MR) is 104 cm³/mol. The molecule has 1 heterocycles. The van der Waals surface area contributed by atoms with Gasteiger partial charge >= 0.3 is 5.97 Å². The molecule has 0 aliphatic carbocycles. The number of benzene rings is 2. The molecular weight excluding hydrogens is 360 g/mol. The summed E-state index contributed by atoms with van der Waals surface area (Å²) in [7, 11) is 0. The van der Waals surface area contributed by atoms with Gasteiger partial charge < -0.3 is 9.30 Å².